The van der Waals surface area contributed by atoms with Gasteiger partial charge in [-0.25, -0.2) is 9.59 Å². The third-order valence-corrected chi connectivity index (χ3v) is 3.92. The highest BCUT2D eigenvalue weighted by Gasteiger charge is 2.63. The van der Waals surface area contributed by atoms with E-state index in [1.165, 1.54) is 18.2 Å². The lowest BCUT2D eigenvalue weighted by atomic mass is 9.98. The average Bonchev–Trinajstić information content (AvgIpc) is 2.28. The molecule has 1 rings (SSSR count). The molecule has 0 saturated heterocycles. The number of esters is 1. The van der Waals surface area contributed by atoms with Crippen LogP contribution in [0.2, 0.25) is 0 Å². The maximum Gasteiger partial charge on any atom is 0.358 e. The quantitative estimate of drug-likeness (QED) is 0.410. The molecule has 1 unspecified atom stereocenters. The van der Waals surface area contributed by atoms with E-state index < -0.39 is 24.7 Å². The van der Waals surface area contributed by atoms with Crippen LogP contribution in [0.25, 0.3) is 0 Å². The van der Waals surface area contributed by atoms with E-state index in [9.17, 15) is 23.9 Å². The van der Waals surface area contributed by atoms with Crippen LogP contribution < -0.4 is 0 Å². The molecule has 8 heteroatoms. The first kappa shape index (κ1) is 14.4. The highest BCUT2D eigenvalue weighted by molar-refractivity contribution is 7.55. The normalized spacial score (nSPS) is 14.6. The second-order valence-corrected chi connectivity index (χ2v) is 5.18. The van der Waals surface area contributed by atoms with Crippen molar-refractivity contribution in [3.8, 4) is 0 Å². The van der Waals surface area contributed by atoms with Gasteiger partial charge in [-0.15, -0.1) is 0 Å². The summed E-state index contributed by atoms with van der Waals surface area (Å²) >= 11 is 0. The summed E-state index contributed by atoms with van der Waals surface area (Å²) in [6.07, 6.45) is 0. The summed E-state index contributed by atoms with van der Waals surface area (Å²) < 4.78 is 15.8. The van der Waals surface area contributed by atoms with Gasteiger partial charge in [0.05, 0.1) is 7.11 Å². The van der Waals surface area contributed by atoms with Crippen LogP contribution in [0.5, 0.6) is 0 Å². The maximum atomic E-state index is 11.6. The lowest BCUT2D eigenvalue weighted by Gasteiger charge is -2.27. The van der Waals surface area contributed by atoms with Crippen molar-refractivity contribution in [2.45, 2.75) is 5.16 Å². The maximum absolute atomic E-state index is 11.6. The Labute approximate surface area is 102 Å². The number of hydrogen-bond acceptors (Lipinski definition) is 4. The minimum atomic E-state index is -5.33. The Kier molecular flexibility index (Phi) is 3.91. The molecule has 0 aliphatic carbocycles. The lowest BCUT2D eigenvalue weighted by Crippen LogP contribution is -2.44. The number of carboxylic acid groups (broad SMARTS) is 1. The highest BCUT2D eigenvalue weighted by Crippen LogP contribution is 2.57. The number of benzene rings is 1. The third kappa shape index (κ3) is 2.03. The molecule has 0 aliphatic heterocycles. The largest absolute Gasteiger partial charge is 0.480 e. The van der Waals surface area contributed by atoms with E-state index in [1.54, 1.807) is 0 Å². The van der Waals surface area contributed by atoms with Crippen molar-refractivity contribution < 1.29 is 33.8 Å². The molecular formula is C10H11O7P. The zero-order valence-corrected chi connectivity index (χ0v) is 10.2. The molecule has 1 atom stereocenters. The van der Waals surface area contributed by atoms with Crippen molar-refractivity contribution in [3.63, 3.8) is 0 Å². The standard InChI is InChI=1S/C10H11O7P/c1-17-9(13)10(8(11)12,18(14,15)16)7-5-3-2-4-6-7/h2-6H,1H3,(H,11,12)(H2,14,15,16). The Bertz CT molecular complexity index is 506. The van der Waals surface area contributed by atoms with Crippen molar-refractivity contribution in [3.05, 3.63) is 35.9 Å². The Hall–Kier alpha value is -1.69. The molecule has 0 aliphatic rings. The summed E-state index contributed by atoms with van der Waals surface area (Å²) in [5.41, 5.74) is -0.335. The molecule has 98 valence electrons. The molecule has 18 heavy (non-hydrogen) atoms. The van der Waals surface area contributed by atoms with Crippen LogP contribution in [0.15, 0.2) is 30.3 Å². The average molecular weight is 274 g/mol. The van der Waals surface area contributed by atoms with Gasteiger partial charge in [0.1, 0.15) is 0 Å². The highest BCUT2D eigenvalue weighted by atomic mass is 31.2. The van der Waals surface area contributed by atoms with Crippen LogP contribution in [0.1, 0.15) is 5.56 Å². The van der Waals surface area contributed by atoms with E-state index in [0.717, 1.165) is 19.2 Å². The molecule has 0 radical (unpaired) electrons. The zero-order chi connectivity index (χ0) is 14.0. The van der Waals surface area contributed by atoms with Gasteiger partial charge >= 0.3 is 19.5 Å². The van der Waals surface area contributed by atoms with Crippen molar-refractivity contribution in [2.24, 2.45) is 0 Å². The molecule has 1 aromatic carbocycles. The van der Waals surface area contributed by atoms with Crippen LogP contribution in [0, 0.1) is 0 Å². The minimum absolute atomic E-state index is 0.335. The third-order valence-electron chi connectivity index (χ3n) is 2.42. The van der Waals surface area contributed by atoms with Crippen LogP contribution >= 0.6 is 7.60 Å². The molecule has 0 heterocycles. The Morgan fingerprint density at radius 1 is 1.22 bits per heavy atom. The summed E-state index contributed by atoms with van der Waals surface area (Å²) in [5.74, 6) is -3.48. The van der Waals surface area contributed by atoms with E-state index in [0.29, 0.717) is 0 Å². The summed E-state index contributed by atoms with van der Waals surface area (Å²) in [5, 5.41) is 6.08. The molecule has 0 saturated carbocycles. The van der Waals surface area contributed by atoms with Gasteiger partial charge in [-0.3, -0.25) is 4.57 Å². The fraction of sp³-hybridized carbons (Fsp3) is 0.200. The van der Waals surface area contributed by atoms with Gasteiger partial charge < -0.3 is 19.6 Å². The van der Waals surface area contributed by atoms with Crippen molar-refractivity contribution in [1.82, 2.24) is 0 Å². The van der Waals surface area contributed by atoms with Crippen LogP contribution in [-0.4, -0.2) is 33.9 Å². The summed E-state index contributed by atoms with van der Waals surface area (Å²) in [6.45, 7) is 0. The molecule has 0 aromatic heterocycles. The molecule has 1 aromatic rings. The van der Waals surface area contributed by atoms with Crippen LogP contribution in [0.4, 0.5) is 0 Å². The first-order valence-corrected chi connectivity index (χ1v) is 6.32. The molecular weight excluding hydrogens is 263 g/mol. The van der Waals surface area contributed by atoms with Gasteiger partial charge in [0, 0.05) is 0 Å². The molecule has 0 fully saturated rings. The number of hydrogen-bond donors (Lipinski definition) is 3. The number of aliphatic carboxylic acids is 1. The van der Waals surface area contributed by atoms with E-state index in [-0.39, 0.29) is 5.56 Å². The van der Waals surface area contributed by atoms with Crippen LogP contribution in [0.3, 0.4) is 0 Å². The van der Waals surface area contributed by atoms with E-state index in [4.69, 9.17) is 5.11 Å². The molecule has 0 bridgehead atoms. The smallest absolute Gasteiger partial charge is 0.358 e. The van der Waals surface area contributed by atoms with Gasteiger partial charge in [0.25, 0.3) is 5.16 Å². The molecule has 3 N–H and O–H groups in total. The number of carbonyl (C=O) groups is 2. The first-order valence-electron chi connectivity index (χ1n) is 4.71. The predicted octanol–water partition coefficient (Wildman–Crippen LogP) is 0.317. The van der Waals surface area contributed by atoms with Gasteiger partial charge in [-0.1, -0.05) is 30.3 Å². The fourth-order valence-corrected chi connectivity index (χ4v) is 2.63. The van der Waals surface area contributed by atoms with Crippen molar-refractivity contribution >= 4 is 19.5 Å². The second kappa shape index (κ2) is 4.89. The predicted molar refractivity (Wildman–Crippen MR) is 59.8 cm³/mol. The summed E-state index contributed by atoms with van der Waals surface area (Å²) in [7, 11) is -4.47. The number of carboxylic acids is 1. The number of ether oxygens (including phenoxy) is 1. The van der Waals surface area contributed by atoms with Gasteiger partial charge in [-0.05, 0) is 5.56 Å². The number of methoxy groups -OCH3 is 1. The van der Waals surface area contributed by atoms with Crippen molar-refractivity contribution in [2.75, 3.05) is 7.11 Å². The fourth-order valence-electron chi connectivity index (χ4n) is 1.57. The Balaban J connectivity index is 3.66. The number of carbonyl (C=O) groups excluding carboxylic acids is 1. The molecule has 7 nitrogen and oxygen atoms in total. The van der Waals surface area contributed by atoms with E-state index in [2.05, 4.69) is 4.74 Å². The number of rotatable bonds is 4. The lowest BCUT2D eigenvalue weighted by molar-refractivity contribution is -0.155. The second-order valence-electron chi connectivity index (χ2n) is 3.42. The topological polar surface area (TPSA) is 121 Å². The van der Waals surface area contributed by atoms with Gasteiger partial charge in [0.2, 0.25) is 0 Å². The molecule has 0 amide bonds. The Morgan fingerprint density at radius 2 is 1.72 bits per heavy atom. The SMILES string of the molecule is COC(=O)C(C(=O)O)(c1ccccc1)P(=O)(O)O. The zero-order valence-electron chi connectivity index (χ0n) is 9.31. The monoisotopic (exact) mass is 274 g/mol. The van der Waals surface area contributed by atoms with E-state index >= 15 is 0 Å². The Morgan fingerprint density at radius 3 is 2.06 bits per heavy atom. The van der Waals surface area contributed by atoms with Crippen molar-refractivity contribution in [1.29, 1.82) is 0 Å². The van der Waals surface area contributed by atoms with Gasteiger partial charge in [0.15, 0.2) is 0 Å². The summed E-state index contributed by atoms with van der Waals surface area (Å²) in [6, 6.07) is 6.54. The molecule has 0 spiro atoms. The van der Waals surface area contributed by atoms with E-state index in [1.807, 2.05) is 0 Å². The first-order chi connectivity index (χ1) is 8.28. The van der Waals surface area contributed by atoms with Gasteiger partial charge in [-0.2, -0.15) is 0 Å². The summed E-state index contributed by atoms with van der Waals surface area (Å²) in [4.78, 5) is 41.5. The minimum Gasteiger partial charge on any atom is -0.480 e. The van der Waals surface area contributed by atoms with Crippen LogP contribution in [-0.2, 0) is 24.0 Å².